The van der Waals surface area contributed by atoms with Crippen molar-refractivity contribution in [3.8, 4) is 6.07 Å². The Labute approximate surface area is 128 Å². The molecule has 2 nitrogen and oxygen atoms in total. The Balaban J connectivity index is 2.26. The van der Waals surface area contributed by atoms with Crippen LogP contribution >= 0.6 is 15.9 Å². The molecule has 1 heterocycles. The van der Waals surface area contributed by atoms with Crippen LogP contribution < -0.4 is 5.32 Å². The summed E-state index contributed by atoms with van der Waals surface area (Å²) < 4.78 is 14.7. The van der Waals surface area contributed by atoms with Crippen LogP contribution in [0.2, 0.25) is 0 Å². The first-order valence-corrected chi connectivity index (χ1v) is 7.69. The van der Waals surface area contributed by atoms with E-state index in [0.29, 0.717) is 16.6 Å². The Bertz CT molecular complexity index is 530. The fourth-order valence-electron chi connectivity index (χ4n) is 2.96. The molecular formula is C16H20BrFN2. The van der Waals surface area contributed by atoms with Crippen molar-refractivity contribution in [3.05, 3.63) is 34.1 Å². The second-order valence-corrected chi connectivity index (χ2v) is 7.54. The molecule has 3 atom stereocenters. The van der Waals surface area contributed by atoms with Crippen LogP contribution in [0.3, 0.4) is 0 Å². The van der Waals surface area contributed by atoms with Crippen molar-refractivity contribution in [1.29, 1.82) is 5.26 Å². The maximum atomic E-state index is 14.2. The lowest BCUT2D eigenvalue weighted by Gasteiger charge is -2.26. The highest BCUT2D eigenvalue weighted by Gasteiger charge is 2.39. The molecule has 20 heavy (non-hydrogen) atoms. The summed E-state index contributed by atoms with van der Waals surface area (Å²) in [5, 5.41) is 12.9. The second-order valence-electron chi connectivity index (χ2n) is 6.68. The van der Waals surface area contributed by atoms with E-state index in [4.69, 9.17) is 0 Å². The van der Waals surface area contributed by atoms with Crippen LogP contribution in [0.1, 0.15) is 38.7 Å². The first-order valence-electron chi connectivity index (χ1n) is 6.90. The van der Waals surface area contributed by atoms with E-state index in [-0.39, 0.29) is 29.1 Å². The summed E-state index contributed by atoms with van der Waals surface area (Å²) >= 11 is 3.22. The molecule has 0 saturated carbocycles. The van der Waals surface area contributed by atoms with Crippen molar-refractivity contribution >= 4 is 15.9 Å². The minimum Gasteiger partial charge on any atom is -0.312 e. The lowest BCUT2D eigenvalue weighted by atomic mass is 9.79. The van der Waals surface area contributed by atoms with Crippen LogP contribution in [0.15, 0.2) is 22.7 Å². The minimum atomic E-state index is -0.240. The maximum Gasteiger partial charge on any atom is 0.140 e. The molecule has 3 unspecified atom stereocenters. The zero-order chi connectivity index (χ0) is 14.9. The third-order valence-corrected chi connectivity index (χ3v) is 4.44. The lowest BCUT2D eigenvalue weighted by Crippen LogP contribution is -2.31. The van der Waals surface area contributed by atoms with Gasteiger partial charge >= 0.3 is 0 Å². The molecule has 0 aliphatic carbocycles. The van der Waals surface area contributed by atoms with E-state index in [0.717, 1.165) is 6.42 Å². The summed E-state index contributed by atoms with van der Waals surface area (Å²) in [5.41, 5.74) is 0.784. The molecule has 1 fully saturated rings. The summed E-state index contributed by atoms with van der Waals surface area (Å²) in [6.07, 6.45) is 0.914. The van der Waals surface area contributed by atoms with Gasteiger partial charge in [-0.1, -0.05) is 32.9 Å². The SMILES string of the molecule is CC(C)(C)CC1NCC(c2cccc(Br)c2F)C1C#N. The van der Waals surface area contributed by atoms with Crippen LogP contribution in [0.25, 0.3) is 0 Å². The topological polar surface area (TPSA) is 35.8 Å². The summed E-state index contributed by atoms with van der Waals surface area (Å²) in [5.74, 6) is -0.501. The predicted octanol–water partition coefficient (Wildman–Crippen LogP) is 4.22. The van der Waals surface area contributed by atoms with Crippen LogP contribution in [0.4, 0.5) is 4.39 Å². The number of nitrogens with one attached hydrogen (secondary N) is 1. The van der Waals surface area contributed by atoms with Crippen molar-refractivity contribution in [2.75, 3.05) is 6.54 Å². The predicted molar refractivity (Wildman–Crippen MR) is 81.8 cm³/mol. The number of halogens is 2. The number of nitrogens with zero attached hydrogens (tertiary/aromatic N) is 1. The van der Waals surface area contributed by atoms with Gasteiger partial charge in [-0.25, -0.2) is 4.39 Å². The molecule has 1 aliphatic rings. The highest BCUT2D eigenvalue weighted by molar-refractivity contribution is 9.10. The highest BCUT2D eigenvalue weighted by atomic mass is 79.9. The molecule has 0 radical (unpaired) electrons. The van der Waals surface area contributed by atoms with Crippen molar-refractivity contribution in [1.82, 2.24) is 5.32 Å². The first kappa shape index (κ1) is 15.5. The van der Waals surface area contributed by atoms with E-state index in [1.165, 1.54) is 0 Å². The zero-order valence-corrected chi connectivity index (χ0v) is 13.7. The lowest BCUT2D eigenvalue weighted by molar-refractivity contribution is 0.304. The normalized spacial score (nSPS) is 26.5. The summed E-state index contributed by atoms with van der Waals surface area (Å²) in [6, 6.07) is 7.82. The molecule has 0 bridgehead atoms. The summed E-state index contributed by atoms with van der Waals surface area (Å²) in [7, 11) is 0. The number of hydrogen-bond acceptors (Lipinski definition) is 2. The smallest absolute Gasteiger partial charge is 0.140 e. The Kier molecular flexibility index (Phi) is 4.51. The highest BCUT2D eigenvalue weighted by Crippen LogP contribution is 2.38. The average Bonchev–Trinajstić information content (AvgIpc) is 2.73. The molecule has 108 valence electrons. The molecule has 1 aromatic rings. The van der Waals surface area contributed by atoms with Gasteiger partial charge in [-0.05, 0) is 39.4 Å². The fourth-order valence-corrected chi connectivity index (χ4v) is 3.34. The van der Waals surface area contributed by atoms with Crippen LogP contribution in [-0.2, 0) is 0 Å². The van der Waals surface area contributed by atoms with Crippen molar-refractivity contribution < 1.29 is 4.39 Å². The third-order valence-electron chi connectivity index (χ3n) is 3.83. The van der Waals surface area contributed by atoms with Gasteiger partial charge in [-0.2, -0.15) is 5.26 Å². The molecule has 0 spiro atoms. The van der Waals surface area contributed by atoms with E-state index in [1.807, 2.05) is 6.07 Å². The number of benzene rings is 1. The Morgan fingerprint density at radius 2 is 2.15 bits per heavy atom. The van der Waals surface area contributed by atoms with Crippen molar-refractivity contribution in [2.24, 2.45) is 11.3 Å². The molecular weight excluding hydrogens is 319 g/mol. The van der Waals surface area contributed by atoms with E-state index < -0.39 is 0 Å². The molecule has 0 aromatic heterocycles. The molecule has 0 amide bonds. The fraction of sp³-hybridized carbons (Fsp3) is 0.562. The number of nitriles is 1. The van der Waals surface area contributed by atoms with Gasteiger partial charge in [0.2, 0.25) is 0 Å². The zero-order valence-electron chi connectivity index (χ0n) is 12.1. The van der Waals surface area contributed by atoms with Gasteiger partial charge < -0.3 is 5.32 Å². The Morgan fingerprint density at radius 3 is 2.75 bits per heavy atom. The van der Waals surface area contributed by atoms with Gasteiger partial charge in [0.15, 0.2) is 0 Å². The Hall–Kier alpha value is -0.920. The number of rotatable bonds is 2. The Morgan fingerprint density at radius 1 is 1.45 bits per heavy atom. The largest absolute Gasteiger partial charge is 0.312 e. The third kappa shape index (κ3) is 3.21. The quantitative estimate of drug-likeness (QED) is 0.876. The summed E-state index contributed by atoms with van der Waals surface area (Å²) in [6.45, 7) is 7.15. The van der Waals surface area contributed by atoms with Crippen LogP contribution in [0, 0.1) is 28.5 Å². The van der Waals surface area contributed by atoms with Gasteiger partial charge in [0.05, 0.1) is 16.5 Å². The minimum absolute atomic E-state index is 0.0788. The van der Waals surface area contributed by atoms with Crippen molar-refractivity contribution in [2.45, 2.75) is 39.2 Å². The van der Waals surface area contributed by atoms with E-state index in [1.54, 1.807) is 12.1 Å². The van der Waals surface area contributed by atoms with Crippen molar-refractivity contribution in [3.63, 3.8) is 0 Å². The molecule has 2 rings (SSSR count). The van der Waals surface area contributed by atoms with Crippen LogP contribution in [-0.4, -0.2) is 12.6 Å². The second kappa shape index (κ2) is 5.83. The van der Waals surface area contributed by atoms with E-state index in [2.05, 4.69) is 48.1 Å². The standard InChI is InChI=1S/C16H20BrFN2/c1-16(2,3)7-14-11(8-19)12(9-20-14)10-5-4-6-13(17)15(10)18/h4-6,11-12,14,20H,7,9H2,1-3H3. The average molecular weight is 339 g/mol. The van der Waals surface area contributed by atoms with Gasteiger partial charge in [-0.3, -0.25) is 0 Å². The summed E-state index contributed by atoms with van der Waals surface area (Å²) in [4.78, 5) is 0. The molecule has 1 aromatic carbocycles. The van der Waals surface area contributed by atoms with E-state index in [9.17, 15) is 9.65 Å². The molecule has 4 heteroatoms. The monoisotopic (exact) mass is 338 g/mol. The maximum absolute atomic E-state index is 14.2. The molecule has 1 saturated heterocycles. The van der Waals surface area contributed by atoms with Gasteiger partial charge in [0, 0.05) is 18.5 Å². The molecule has 1 N–H and O–H groups in total. The van der Waals surface area contributed by atoms with Gasteiger partial charge in [0.1, 0.15) is 5.82 Å². The van der Waals surface area contributed by atoms with Gasteiger partial charge in [0.25, 0.3) is 0 Å². The first-order chi connectivity index (χ1) is 9.33. The molecule has 1 aliphatic heterocycles. The van der Waals surface area contributed by atoms with Gasteiger partial charge in [-0.15, -0.1) is 0 Å². The van der Waals surface area contributed by atoms with Crippen LogP contribution in [0.5, 0.6) is 0 Å². The van der Waals surface area contributed by atoms with E-state index >= 15 is 0 Å². The number of hydrogen-bond donors (Lipinski definition) is 1.